The van der Waals surface area contributed by atoms with Crippen molar-refractivity contribution in [2.45, 2.75) is 81.1 Å². The van der Waals surface area contributed by atoms with E-state index in [2.05, 4.69) is 70.6 Å². The maximum absolute atomic E-state index is 13.2. The molecule has 3 aromatic carbocycles. The molecule has 4 heterocycles. The number of aromatic amines is 1. The lowest BCUT2D eigenvalue weighted by Gasteiger charge is -2.37. The van der Waals surface area contributed by atoms with Gasteiger partial charge in [-0.2, -0.15) is 4.98 Å². The fraction of sp³-hybridized carbons (Fsp3) is 0.452. The van der Waals surface area contributed by atoms with E-state index in [1.54, 1.807) is 20.5 Å². The normalized spacial score (nSPS) is 22.2. The number of anilines is 1. The van der Waals surface area contributed by atoms with Gasteiger partial charge in [0.2, 0.25) is 5.95 Å². The van der Waals surface area contributed by atoms with Crippen LogP contribution in [-0.4, -0.2) is 70.4 Å². The summed E-state index contributed by atoms with van der Waals surface area (Å²) in [5.74, 6) is 2.29. The average Bonchev–Trinajstić information content (AvgIpc) is 3.95. The molecule has 12 nitrogen and oxygen atoms in total. The van der Waals surface area contributed by atoms with Gasteiger partial charge in [0.25, 0.3) is 5.56 Å². The van der Waals surface area contributed by atoms with Crippen molar-refractivity contribution in [1.82, 2.24) is 24.6 Å². The Morgan fingerprint density at radius 3 is 2.27 bits per heavy atom. The summed E-state index contributed by atoms with van der Waals surface area (Å²) in [6.07, 6.45) is 7.57. The third kappa shape index (κ3) is 7.95. The molecule has 2 aromatic heterocycles. The van der Waals surface area contributed by atoms with E-state index < -0.39 is 25.4 Å². The van der Waals surface area contributed by atoms with Gasteiger partial charge in [0.1, 0.15) is 23.3 Å². The number of nitrogens with zero attached hydrogens (tertiary/aromatic N) is 3. The van der Waals surface area contributed by atoms with Crippen LogP contribution < -0.4 is 25.4 Å². The zero-order valence-corrected chi connectivity index (χ0v) is 34.1. The van der Waals surface area contributed by atoms with Crippen molar-refractivity contribution < 1.29 is 23.5 Å². The molecular formula is C42H51N6O6PS. The smallest absolute Gasteiger partial charge is 0.280 e. The average molecular weight is 799 g/mol. The summed E-state index contributed by atoms with van der Waals surface area (Å²) in [4.78, 5) is 25.3. The minimum Gasteiger partial charge on any atom is -0.497 e. The lowest BCUT2D eigenvalue weighted by molar-refractivity contribution is -0.0787. The van der Waals surface area contributed by atoms with Crippen molar-refractivity contribution in [3.63, 3.8) is 0 Å². The predicted octanol–water partition coefficient (Wildman–Crippen LogP) is 8.15. The predicted molar refractivity (Wildman–Crippen MR) is 221 cm³/mol. The Morgan fingerprint density at radius 1 is 0.964 bits per heavy atom. The van der Waals surface area contributed by atoms with Crippen LogP contribution in [-0.2, 0) is 19.6 Å². The van der Waals surface area contributed by atoms with Crippen molar-refractivity contribution in [2.75, 3.05) is 39.3 Å². The second kappa shape index (κ2) is 16.9. The van der Waals surface area contributed by atoms with E-state index in [0.717, 1.165) is 34.8 Å². The van der Waals surface area contributed by atoms with Crippen molar-refractivity contribution >= 4 is 36.0 Å². The summed E-state index contributed by atoms with van der Waals surface area (Å²) < 4.78 is 34.1. The molecule has 1 saturated carbocycles. The second-order valence-corrected chi connectivity index (χ2v) is 18.9. The zero-order valence-electron chi connectivity index (χ0n) is 32.4. The molecular weight excluding hydrogens is 748 g/mol. The minimum atomic E-state index is -1.02. The van der Waals surface area contributed by atoms with E-state index in [4.69, 9.17) is 28.5 Å². The van der Waals surface area contributed by atoms with Gasteiger partial charge in [-0.1, -0.05) is 99.1 Å². The Hall–Kier alpha value is -3.97. The molecule has 2 saturated heterocycles. The highest BCUT2D eigenvalue weighted by Gasteiger charge is 2.47. The van der Waals surface area contributed by atoms with Crippen LogP contribution in [0.4, 0.5) is 5.95 Å². The Labute approximate surface area is 333 Å². The molecule has 3 N–H and O–H groups in total. The van der Waals surface area contributed by atoms with E-state index in [1.807, 2.05) is 58.4 Å². The third-order valence-corrected chi connectivity index (χ3v) is 15.3. The van der Waals surface area contributed by atoms with Gasteiger partial charge >= 0.3 is 0 Å². The van der Waals surface area contributed by atoms with Gasteiger partial charge in [-0.3, -0.25) is 19.4 Å². The molecule has 2 aliphatic heterocycles. The Bertz CT molecular complexity index is 2080. The fourth-order valence-electron chi connectivity index (χ4n) is 8.03. The number of hydrogen-bond acceptors (Lipinski definition) is 11. The molecule has 296 valence electrons. The monoisotopic (exact) mass is 798 g/mol. The van der Waals surface area contributed by atoms with E-state index in [0.29, 0.717) is 30.5 Å². The number of H-pyrrole nitrogens is 1. The topological polar surface area (TPSA) is 134 Å². The van der Waals surface area contributed by atoms with Gasteiger partial charge in [-0.05, 0) is 59.7 Å². The maximum Gasteiger partial charge on any atom is 0.280 e. The van der Waals surface area contributed by atoms with Crippen LogP contribution in [0.3, 0.4) is 0 Å². The van der Waals surface area contributed by atoms with Crippen LogP contribution in [0.2, 0.25) is 0 Å². The fourth-order valence-corrected chi connectivity index (χ4v) is 12.8. The largest absolute Gasteiger partial charge is 0.497 e. The number of aromatic nitrogens is 4. The van der Waals surface area contributed by atoms with E-state index in [-0.39, 0.29) is 28.5 Å². The number of benzene rings is 3. The quantitative estimate of drug-likeness (QED) is 0.0743. The van der Waals surface area contributed by atoms with Crippen molar-refractivity contribution in [3.8, 4) is 11.5 Å². The molecule has 8 rings (SSSR count). The van der Waals surface area contributed by atoms with Gasteiger partial charge in [0, 0.05) is 23.8 Å². The number of fused-ring (bicyclic) bond motifs is 1. The summed E-state index contributed by atoms with van der Waals surface area (Å²) in [6.45, 7) is 5.89. The molecule has 0 bridgehead atoms. The van der Waals surface area contributed by atoms with E-state index in [1.165, 1.54) is 32.1 Å². The highest BCUT2D eigenvalue weighted by Crippen LogP contribution is 2.65. The van der Waals surface area contributed by atoms with Crippen molar-refractivity contribution in [3.05, 3.63) is 112 Å². The first kappa shape index (κ1) is 38.9. The van der Waals surface area contributed by atoms with Gasteiger partial charge in [0.05, 0.1) is 39.9 Å². The van der Waals surface area contributed by atoms with Crippen LogP contribution in [0.1, 0.15) is 75.3 Å². The van der Waals surface area contributed by atoms with Crippen LogP contribution in [0, 0.1) is 5.92 Å². The maximum atomic E-state index is 13.2. The first-order chi connectivity index (χ1) is 27.3. The number of hydrogen-bond donors (Lipinski definition) is 3. The van der Waals surface area contributed by atoms with Crippen LogP contribution in [0.5, 0.6) is 11.5 Å². The van der Waals surface area contributed by atoms with Gasteiger partial charge in [-0.15, -0.1) is 0 Å². The van der Waals surface area contributed by atoms with Gasteiger partial charge < -0.3 is 28.8 Å². The molecule has 5 aromatic rings. The lowest BCUT2D eigenvalue weighted by Crippen LogP contribution is -2.41. The van der Waals surface area contributed by atoms with Crippen LogP contribution in [0.15, 0.2) is 90.0 Å². The van der Waals surface area contributed by atoms with Gasteiger partial charge in [0.15, 0.2) is 18.7 Å². The molecule has 0 radical (unpaired) electrons. The lowest BCUT2D eigenvalue weighted by atomic mass is 9.80. The summed E-state index contributed by atoms with van der Waals surface area (Å²) in [5, 5.41) is 7.18. The Morgan fingerprint density at radius 2 is 1.62 bits per heavy atom. The zero-order chi connectivity index (χ0) is 38.7. The second-order valence-electron chi connectivity index (χ2n) is 15.3. The molecule has 1 aliphatic carbocycles. The first-order valence-corrected chi connectivity index (χ1v) is 22.2. The summed E-state index contributed by atoms with van der Waals surface area (Å²) in [5.41, 5.74) is 2.28. The summed E-state index contributed by atoms with van der Waals surface area (Å²) in [6, 6.07) is 26.3. The number of ether oxygens (including phenoxy) is 4. The van der Waals surface area contributed by atoms with Crippen LogP contribution in [0.25, 0.3) is 11.2 Å². The number of methoxy groups -OCH3 is 2. The Balaban J connectivity index is 1.15. The minimum absolute atomic E-state index is 0.129. The number of rotatable bonds is 14. The van der Waals surface area contributed by atoms with Crippen LogP contribution >= 0.6 is 18.9 Å². The molecule has 3 fully saturated rings. The molecule has 1 spiro atoms. The van der Waals surface area contributed by atoms with E-state index in [9.17, 15) is 4.79 Å². The summed E-state index contributed by atoms with van der Waals surface area (Å²) in [7, 11) is 2.37. The van der Waals surface area contributed by atoms with Crippen molar-refractivity contribution in [2.24, 2.45) is 5.92 Å². The number of nitrogens with one attached hydrogen (secondary N) is 3. The highest BCUT2D eigenvalue weighted by atomic mass is 32.7. The SMILES string of the molecule is COc1ccc(C(OC[C@H]2O[C@@H](n3cnc4c(=O)[nH]c(NCC(C)C)nc43)C[C@@H]2NP2OCC3(CCCCC3)S2)(c2ccccc2)c2ccc(OC)cc2)cc1. The van der Waals surface area contributed by atoms with Gasteiger partial charge in [-0.25, -0.2) is 4.98 Å². The first-order valence-electron chi connectivity index (χ1n) is 19.5. The highest BCUT2D eigenvalue weighted by molar-refractivity contribution is 8.54. The Kier molecular flexibility index (Phi) is 11.7. The summed E-state index contributed by atoms with van der Waals surface area (Å²) >= 11 is 1.98. The number of imidazole rings is 1. The molecule has 4 atom stereocenters. The van der Waals surface area contributed by atoms with Crippen molar-refractivity contribution in [1.29, 1.82) is 0 Å². The molecule has 14 heteroatoms. The van der Waals surface area contributed by atoms with E-state index >= 15 is 0 Å². The molecule has 1 unspecified atom stereocenters. The molecule has 3 aliphatic rings. The third-order valence-electron chi connectivity index (χ3n) is 11.1. The standard InChI is InChI=1S/C42H51N6O6PS/c1-28(2)24-43-40-45-38-37(39(49)46-40)44-27-48(38)36-23-34(47-55-53-26-41(56-55)21-9-6-10-22-41)35(54-36)25-52-42(29-11-7-5-8-12-29,30-13-17-32(50-3)18-14-30)31-15-19-33(51-4)20-16-31/h5,7-8,11-20,27-28,34-36,47H,6,9-10,21-26H2,1-4H3,(H2,43,45,46,49)/t34-,35+,36+,55?/m0/s1. The molecule has 0 amide bonds. The molecule has 56 heavy (non-hydrogen) atoms.